The van der Waals surface area contributed by atoms with E-state index in [2.05, 4.69) is 16.4 Å². The summed E-state index contributed by atoms with van der Waals surface area (Å²) in [7, 11) is 1.50. The molecule has 174 valence electrons. The number of nitrogens with one attached hydrogen (secondary N) is 1. The molecule has 0 amide bonds. The van der Waals surface area contributed by atoms with Gasteiger partial charge in [0.15, 0.2) is 4.88 Å². The van der Waals surface area contributed by atoms with Gasteiger partial charge in [0.2, 0.25) is 0 Å². The molecule has 8 nitrogen and oxygen atoms in total. The Kier molecular flexibility index (Phi) is 6.65. The molecule has 0 radical (unpaired) electrons. The van der Waals surface area contributed by atoms with Gasteiger partial charge in [-0.05, 0) is 48.9 Å². The van der Waals surface area contributed by atoms with E-state index in [1.54, 1.807) is 42.0 Å². The number of benzene rings is 1. The maximum atomic E-state index is 14.6. The van der Waals surface area contributed by atoms with E-state index in [0.717, 1.165) is 21.8 Å². The number of methoxy groups -OCH3 is 1. The average molecular weight is 481 g/mol. The number of pyridine rings is 1. The number of hydrogen-bond donors (Lipinski definition) is 2. The molecule has 0 atom stereocenters. The Morgan fingerprint density at radius 2 is 2.12 bits per heavy atom. The Morgan fingerprint density at radius 3 is 2.82 bits per heavy atom. The summed E-state index contributed by atoms with van der Waals surface area (Å²) in [4.78, 5) is 16.7. The number of nitriles is 1. The number of aromatic carboxylic acids is 1. The van der Waals surface area contributed by atoms with Gasteiger partial charge in [-0.2, -0.15) is 5.26 Å². The first-order chi connectivity index (χ1) is 16.5. The minimum absolute atomic E-state index is 0.143. The molecule has 10 heteroatoms. The Balaban J connectivity index is 1.55. The second-order valence-corrected chi connectivity index (χ2v) is 8.26. The van der Waals surface area contributed by atoms with Gasteiger partial charge >= 0.3 is 5.97 Å². The quantitative estimate of drug-likeness (QED) is 0.347. The van der Waals surface area contributed by atoms with Crippen LogP contribution in [-0.2, 0) is 6.54 Å². The van der Waals surface area contributed by atoms with Gasteiger partial charge in [0, 0.05) is 29.5 Å². The molecule has 34 heavy (non-hydrogen) atoms. The number of rotatable bonds is 9. The number of carbonyl (C=O) groups is 1. The lowest BCUT2D eigenvalue weighted by Gasteiger charge is -2.11. The van der Waals surface area contributed by atoms with E-state index in [1.807, 2.05) is 0 Å². The second-order valence-electron chi connectivity index (χ2n) is 7.20. The van der Waals surface area contributed by atoms with E-state index in [4.69, 9.17) is 9.47 Å². The molecule has 3 heterocycles. The van der Waals surface area contributed by atoms with Gasteiger partial charge in [0.05, 0.1) is 19.2 Å². The van der Waals surface area contributed by atoms with Gasteiger partial charge in [-0.25, -0.2) is 14.2 Å². The van der Waals surface area contributed by atoms with Crippen molar-refractivity contribution in [3.8, 4) is 28.0 Å². The van der Waals surface area contributed by atoms with E-state index >= 15 is 0 Å². The molecule has 1 aromatic carbocycles. The smallest absolute Gasteiger partial charge is 0.349 e. The van der Waals surface area contributed by atoms with Crippen LogP contribution in [-0.4, -0.2) is 40.9 Å². The van der Waals surface area contributed by atoms with Crippen molar-refractivity contribution in [2.75, 3.05) is 25.6 Å². The van der Waals surface area contributed by atoms with Crippen molar-refractivity contribution in [3.05, 3.63) is 59.0 Å². The Bertz CT molecular complexity index is 1410. The predicted molar refractivity (Wildman–Crippen MR) is 127 cm³/mol. The van der Waals surface area contributed by atoms with Crippen molar-refractivity contribution in [3.63, 3.8) is 0 Å². The van der Waals surface area contributed by atoms with E-state index in [9.17, 15) is 19.6 Å². The number of halogens is 1. The lowest BCUT2D eigenvalue weighted by atomic mass is 10.2. The van der Waals surface area contributed by atoms with Crippen LogP contribution in [0.4, 0.5) is 10.2 Å². The number of nitrogens with zero attached hydrogens (tertiary/aromatic N) is 3. The fourth-order valence-corrected chi connectivity index (χ4v) is 4.66. The molecule has 0 unspecified atom stereocenters. The van der Waals surface area contributed by atoms with Crippen LogP contribution in [0.25, 0.3) is 21.3 Å². The summed E-state index contributed by atoms with van der Waals surface area (Å²) in [5.41, 5.74) is 1.42. The molecule has 0 spiro atoms. The largest absolute Gasteiger partial charge is 0.496 e. The number of carboxylic acids is 1. The number of hydrogen-bond acceptors (Lipinski definition) is 7. The molecule has 2 N–H and O–H groups in total. The van der Waals surface area contributed by atoms with Gasteiger partial charge in [-0.1, -0.05) is 0 Å². The molecule has 0 fully saturated rings. The molecule has 4 rings (SSSR count). The first-order valence-corrected chi connectivity index (χ1v) is 11.2. The summed E-state index contributed by atoms with van der Waals surface area (Å²) in [6.45, 7) is 2.86. The highest BCUT2D eigenvalue weighted by Crippen LogP contribution is 2.37. The maximum absolute atomic E-state index is 14.6. The van der Waals surface area contributed by atoms with Crippen LogP contribution in [0, 0.1) is 17.1 Å². The highest BCUT2D eigenvalue weighted by atomic mass is 32.1. The number of aromatic nitrogens is 2. The van der Waals surface area contributed by atoms with Gasteiger partial charge in [0.1, 0.15) is 34.9 Å². The summed E-state index contributed by atoms with van der Waals surface area (Å²) in [6.07, 6.45) is 1.62. The van der Waals surface area contributed by atoms with E-state index in [-0.39, 0.29) is 4.88 Å². The Hall–Kier alpha value is -4.10. The summed E-state index contributed by atoms with van der Waals surface area (Å²) in [5, 5.41) is 22.7. The van der Waals surface area contributed by atoms with Crippen molar-refractivity contribution in [1.82, 2.24) is 9.55 Å². The van der Waals surface area contributed by atoms with Crippen LogP contribution < -0.4 is 14.8 Å². The summed E-state index contributed by atoms with van der Waals surface area (Å²) < 4.78 is 26.9. The molecule has 0 saturated carbocycles. The fraction of sp³-hybridized carbons (Fsp3) is 0.208. The standard InChI is InChI=1S/C24H21FN4O4S/c1-3-33-19-12-20(34-23(19)24(30)31)14-6-7-27-21(10-14)28-8-9-29-15(13-26)11-16-18(32-2)5-4-17(25)22(16)29/h4-7,10-12H,3,8-9H2,1-2H3,(H,27,28)(H,30,31). The lowest BCUT2D eigenvalue weighted by Crippen LogP contribution is -2.13. The van der Waals surface area contributed by atoms with Crippen LogP contribution in [0.15, 0.2) is 42.6 Å². The normalized spacial score (nSPS) is 10.8. The first-order valence-electron chi connectivity index (χ1n) is 10.4. The number of thiophene rings is 1. The highest BCUT2D eigenvalue weighted by Gasteiger charge is 2.18. The number of carboxylic acid groups (broad SMARTS) is 1. The first kappa shape index (κ1) is 23.1. The van der Waals surface area contributed by atoms with Crippen LogP contribution in [0.5, 0.6) is 11.5 Å². The molecule has 0 aliphatic rings. The van der Waals surface area contributed by atoms with Gasteiger partial charge < -0.3 is 24.5 Å². The van der Waals surface area contributed by atoms with Gasteiger partial charge in [0.25, 0.3) is 0 Å². The molecule has 0 bridgehead atoms. The SMILES string of the molecule is CCOc1cc(-c2ccnc(NCCn3c(C#N)cc4c(OC)ccc(F)c43)c2)sc1C(=O)O. The summed E-state index contributed by atoms with van der Waals surface area (Å²) >= 11 is 1.13. The summed E-state index contributed by atoms with van der Waals surface area (Å²) in [6, 6.07) is 11.9. The third-order valence-electron chi connectivity index (χ3n) is 5.18. The van der Waals surface area contributed by atoms with Crippen LogP contribution in [0.2, 0.25) is 0 Å². The molecule has 0 saturated heterocycles. The zero-order valence-electron chi connectivity index (χ0n) is 18.5. The van der Waals surface area contributed by atoms with Gasteiger partial charge in [-0.15, -0.1) is 11.3 Å². The lowest BCUT2D eigenvalue weighted by molar-refractivity contribution is 0.0698. The average Bonchev–Trinajstić information content (AvgIpc) is 3.42. The zero-order valence-corrected chi connectivity index (χ0v) is 19.3. The fourth-order valence-electron chi connectivity index (χ4n) is 3.72. The Labute approximate surface area is 198 Å². The van der Waals surface area contributed by atoms with Crippen LogP contribution in [0.1, 0.15) is 22.3 Å². The maximum Gasteiger partial charge on any atom is 0.349 e. The third kappa shape index (κ3) is 4.38. The van der Waals surface area contributed by atoms with Crippen LogP contribution in [0.3, 0.4) is 0 Å². The molecular formula is C24H21FN4O4S. The number of ether oxygens (including phenoxy) is 2. The van der Waals surface area contributed by atoms with Crippen molar-refractivity contribution in [2.45, 2.75) is 13.5 Å². The minimum atomic E-state index is -1.04. The number of anilines is 1. The van der Waals surface area contributed by atoms with Gasteiger partial charge in [-0.3, -0.25) is 0 Å². The topological polar surface area (TPSA) is 109 Å². The zero-order chi connectivity index (χ0) is 24.2. The molecular weight excluding hydrogens is 459 g/mol. The molecule has 0 aliphatic heterocycles. The predicted octanol–water partition coefficient (Wildman–Crippen LogP) is 4.99. The van der Waals surface area contributed by atoms with E-state index in [1.165, 1.54) is 19.2 Å². The minimum Gasteiger partial charge on any atom is -0.496 e. The van der Waals surface area contributed by atoms with E-state index in [0.29, 0.717) is 53.6 Å². The van der Waals surface area contributed by atoms with Crippen LogP contribution >= 0.6 is 11.3 Å². The molecule has 3 aromatic heterocycles. The van der Waals surface area contributed by atoms with Crippen molar-refractivity contribution in [1.29, 1.82) is 5.26 Å². The summed E-state index contributed by atoms with van der Waals surface area (Å²) in [5.74, 6) is -0.0780. The number of fused-ring (bicyclic) bond motifs is 1. The van der Waals surface area contributed by atoms with Crippen molar-refractivity contribution in [2.24, 2.45) is 0 Å². The Morgan fingerprint density at radius 1 is 1.29 bits per heavy atom. The third-order valence-corrected chi connectivity index (χ3v) is 6.34. The van der Waals surface area contributed by atoms with E-state index < -0.39 is 11.8 Å². The molecule has 0 aliphatic carbocycles. The highest BCUT2D eigenvalue weighted by molar-refractivity contribution is 7.17. The molecule has 4 aromatic rings. The van der Waals surface area contributed by atoms with Crippen molar-refractivity contribution >= 4 is 34.0 Å². The van der Waals surface area contributed by atoms with Crippen molar-refractivity contribution < 1.29 is 23.8 Å². The monoisotopic (exact) mass is 480 g/mol. The second kappa shape index (κ2) is 9.80.